The third-order valence-electron chi connectivity index (χ3n) is 5.64. The molecule has 1 amide bonds. The number of nitrogens with one attached hydrogen (secondary N) is 1. The molecule has 1 aromatic carbocycles. The van der Waals surface area contributed by atoms with Gasteiger partial charge in [0, 0.05) is 42.9 Å². The van der Waals surface area contributed by atoms with E-state index in [1.54, 1.807) is 29.6 Å². The third kappa shape index (κ3) is 4.51. The molecule has 3 aliphatic rings. The van der Waals surface area contributed by atoms with E-state index in [0.29, 0.717) is 19.4 Å². The summed E-state index contributed by atoms with van der Waals surface area (Å²) in [5.74, 6) is 4.50. The first-order valence-electron chi connectivity index (χ1n) is 10.0. The van der Waals surface area contributed by atoms with Crippen LogP contribution in [-0.2, 0) is 4.79 Å². The zero-order valence-corrected chi connectivity index (χ0v) is 18.5. The van der Waals surface area contributed by atoms with Crippen LogP contribution in [0.3, 0.4) is 0 Å². The Hall–Kier alpha value is -2.02. The summed E-state index contributed by atoms with van der Waals surface area (Å²) >= 11 is 3.43. The van der Waals surface area contributed by atoms with Crippen LogP contribution in [0, 0.1) is 12.3 Å². The lowest BCUT2D eigenvalue weighted by atomic mass is 10.0. The number of terminal acetylenes is 1. The highest BCUT2D eigenvalue weighted by Crippen LogP contribution is 2.38. The van der Waals surface area contributed by atoms with E-state index in [9.17, 15) is 9.90 Å². The summed E-state index contributed by atoms with van der Waals surface area (Å²) in [6.45, 7) is 0.547. The van der Waals surface area contributed by atoms with Crippen molar-refractivity contribution in [2.75, 3.05) is 25.1 Å². The zero-order valence-electron chi connectivity index (χ0n) is 16.8. The van der Waals surface area contributed by atoms with E-state index in [1.165, 1.54) is 0 Å². The number of carbonyl (C=O) groups is 1. The molecule has 0 saturated carbocycles. The zero-order chi connectivity index (χ0) is 21.1. The molecule has 0 spiro atoms. The minimum Gasteiger partial charge on any atom is -0.507 e. The summed E-state index contributed by atoms with van der Waals surface area (Å²) in [5.41, 5.74) is 0.410. The molecular weight excluding hydrogens is 418 g/mol. The van der Waals surface area contributed by atoms with Crippen molar-refractivity contribution in [2.24, 2.45) is 15.2 Å². The average molecular weight is 444 g/mol. The van der Waals surface area contributed by atoms with Gasteiger partial charge >= 0.3 is 0 Å². The van der Waals surface area contributed by atoms with Gasteiger partial charge in [-0.15, -0.1) is 35.9 Å². The normalized spacial score (nSPS) is 26.9. The molecule has 0 bridgehead atoms. The van der Waals surface area contributed by atoms with E-state index in [1.807, 2.05) is 25.2 Å². The maximum Gasteiger partial charge on any atom is 0.238 e. The van der Waals surface area contributed by atoms with Gasteiger partial charge in [-0.2, -0.15) is 10.2 Å². The molecule has 3 aliphatic heterocycles. The fourth-order valence-electron chi connectivity index (χ4n) is 3.75. The molecule has 4 rings (SSSR count). The van der Waals surface area contributed by atoms with Crippen LogP contribution < -0.4 is 5.32 Å². The molecule has 0 aromatic heterocycles. The van der Waals surface area contributed by atoms with Crippen molar-refractivity contribution in [1.29, 1.82) is 0 Å². The van der Waals surface area contributed by atoms with Crippen LogP contribution in [-0.4, -0.2) is 69.2 Å². The number of rotatable bonds is 8. The van der Waals surface area contributed by atoms with Gasteiger partial charge in [-0.05, 0) is 19.2 Å². The van der Waals surface area contributed by atoms with Gasteiger partial charge in [0.2, 0.25) is 5.91 Å². The molecule has 9 heteroatoms. The first-order valence-corrected chi connectivity index (χ1v) is 12.0. The van der Waals surface area contributed by atoms with E-state index in [-0.39, 0.29) is 34.8 Å². The minimum absolute atomic E-state index is 0.0378. The Kier molecular flexibility index (Phi) is 6.37. The topological polar surface area (TPSA) is 89.6 Å². The first-order chi connectivity index (χ1) is 14.5. The molecule has 7 nitrogen and oxygen atoms in total. The average Bonchev–Trinajstić information content (AvgIpc) is 3.15. The van der Waals surface area contributed by atoms with Gasteiger partial charge in [-0.1, -0.05) is 12.1 Å². The Morgan fingerprint density at radius 1 is 1.37 bits per heavy atom. The summed E-state index contributed by atoms with van der Waals surface area (Å²) in [5, 5.41) is 22.4. The number of thioether (sulfide) groups is 2. The number of hydrogen-bond donors (Lipinski definition) is 2. The fraction of sp³-hybridized carbons (Fsp3) is 0.524. The van der Waals surface area contributed by atoms with Gasteiger partial charge in [0.1, 0.15) is 10.8 Å². The summed E-state index contributed by atoms with van der Waals surface area (Å²) in [7, 11) is 1.99. The Morgan fingerprint density at radius 3 is 2.90 bits per heavy atom. The summed E-state index contributed by atoms with van der Waals surface area (Å²) in [4.78, 5) is 19.7. The summed E-state index contributed by atoms with van der Waals surface area (Å²) in [6.07, 6.45) is 7.41. The predicted octanol–water partition coefficient (Wildman–Crippen LogP) is 2.71. The standard InChI is InChI=1S/C21H25N5O2S2/c1-3-4-9-21(24-25-21)10-11-22-18(28)16-13-30-20(26(16)2)15-12-29-19(23-15)14-7-5-6-8-17(14)27/h1,5-8,15-16,20,27H,4,9-13H2,2H3,(H,22,28)/t15-,16+,20+/m1/s1. The Balaban J connectivity index is 1.30. The fourth-order valence-corrected chi connectivity index (χ4v) is 6.53. The van der Waals surface area contributed by atoms with Crippen LogP contribution in [0.5, 0.6) is 5.75 Å². The van der Waals surface area contributed by atoms with Crippen molar-refractivity contribution in [3.05, 3.63) is 29.8 Å². The molecule has 3 heterocycles. The van der Waals surface area contributed by atoms with Gasteiger partial charge in [0.05, 0.1) is 17.5 Å². The number of phenols is 1. The number of likely N-dealkylation sites (N-methyl/N-ethyl adjacent to an activating group) is 1. The SMILES string of the molecule is C#CCCC1(CCNC(=O)[C@@H]2CS[C@@H]([C@H]3CSC(c4ccccc4O)=N3)N2C)N=N1. The number of aromatic hydroxyl groups is 1. The summed E-state index contributed by atoms with van der Waals surface area (Å²) < 4.78 is 0. The van der Waals surface area contributed by atoms with E-state index >= 15 is 0 Å². The molecular formula is C21H25N5O2S2. The molecule has 0 unspecified atom stereocenters. The molecule has 0 aliphatic carbocycles. The lowest BCUT2D eigenvalue weighted by Crippen LogP contribution is -2.47. The largest absolute Gasteiger partial charge is 0.507 e. The molecule has 1 saturated heterocycles. The molecule has 158 valence electrons. The van der Waals surface area contributed by atoms with E-state index in [4.69, 9.17) is 11.4 Å². The number of hydrogen-bond acceptors (Lipinski definition) is 8. The number of amides is 1. The number of para-hydroxylation sites is 1. The van der Waals surface area contributed by atoms with Crippen molar-refractivity contribution < 1.29 is 9.90 Å². The van der Waals surface area contributed by atoms with Crippen molar-refractivity contribution >= 4 is 34.5 Å². The van der Waals surface area contributed by atoms with Crippen molar-refractivity contribution in [3.8, 4) is 18.1 Å². The van der Waals surface area contributed by atoms with Crippen molar-refractivity contribution in [3.63, 3.8) is 0 Å². The van der Waals surface area contributed by atoms with Crippen LogP contribution >= 0.6 is 23.5 Å². The van der Waals surface area contributed by atoms with Gasteiger partial charge < -0.3 is 10.4 Å². The molecule has 30 heavy (non-hydrogen) atoms. The van der Waals surface area contributed by atoms with Crippen LogP contribution in [0.1, 0.15) is 24.8 Å². The molecule has 0 radical (unpaired) electrons. The molecule has 1 fully saturated rings. The Morgan fingerprint density at radius 2 is 2.17 bits per heavy atom. The number of aliphatic imine (C=N–C) groups is 1. The monoisotopic (exact) mass is 443 g/mol. The predicted molar refractivity (Wildman–Crippen MR) is 122 cm³/mol. The van der Waals surface area contributed by atoms with Gasteiger partial charge in [0.15, 0.2) is 5.66 Å². The van der Waals surface area contributed by atoms with Crippen LogP contribution in [0.25, 0.3) is 0 Å². The third-order valence-corrected chi connectivity index (χ3v) is 8.24. The van der Waals surface area contributed by atoms with Gasteiger partial charge in [-0.3, -0.25) is 14.7 Å². The van der Waals surface area contributed by atoms with E-state index in [0.717, 1.165) is 28.5 Å². The lowest BCUT2D eigenvalue weighted by molar-refractivity contribution is -0.125. The van der Waals surface area contributed by atoms with Crippen molar-refractivity contribution in [1.82, 2.24) is 10.2 Å². The second kappa shape index (κ2) is 9.00. The highest BCUT2D eigenvalue weighted by Gasteiger charge is 2.42. The van der Waals surface area contributed by atoms with Crippen molar-refractivity contribution in [2.45, 2.75) is 42.4 Å². The van der Waals surface area contributed by atoms with Crippen LogP contribution in [0.15, 0.2) is 39.5 Å². The van der Waals surface area contributed by atoms with E-state index in [2.05, 4.69) is 26.4 Å². The highest BCUT2D eigenvalue weighted by atomic mass is 32.2. The van der Waals surface area contributed by atoms with Gasteiger partial charge in [0.25, 0.3) is 0 Å². The second-order valence-corrected chi connectivity index (χ2v) is 9.82. The molecule has 2 N–H and O–H groups in total. The molecule has 1 aromatic rings. The maximum atomic E-state index is 12.7. The van der Waals surface area contributed by atoms with Crippen LogP contribution in [0.4, 0.5) is 0 Å². The van der Waals surface area contributed by atoms with Crippen LogP contribution in [0.2, 0.25) is 0 Å². The minimum atomic E-state index is -0.367. The summed E-state index contributed by atoms with van der Waals surface area (Å²) in [6, 6.07) is 7.20. The lowest BCUT2D eigenvalue weighted by Gasteiger charge is -2.26. The number of benzene rings is 1. The highest BCUT2D eigenvalue weighted by molar-refractivity contribution is 8.14. The number of nitrogens with zero attached hydrogens (tertiary/aromatic N) is 4. The number of carbonyl (C=O) groups excluding carboxylic acids is 1. The quantitative estimate of drug-likeness (QED) is 0.603. The maximum absolute atomic E-state index is 12.7. The Labute approximate surface area is 185 Å². The first kappa shape index (κ1) is 21.2. The Bertz CT molecular complexity index is 907. The smallest absolute Gasteiger partial charge is 0.238 e. The second-order valence-electron chi connectivity index (χ2n) is 7.66. The van der Waals surface area contributed by atoms with E-state index < -0.39 is 0 Å². The van der Waals surface area contributed by atoms with Gasteiger partial charge in [-0.25, -0.2) is 0 Å². The molecule has 3 atom stereocenters. The number of phenolic OH excluding ortho intramolecular Hbond substituents is 1.